The van der Waals surface area contributed by atoms with E-state index < -0.39 is 11.9 Å². The Morgan fingerprint density at radius 2 is 1.20 bits per heavy atom. The van der Waals surface area contributed by atoms with Gasteiger partial charge in [0, 0.05) is 26.2 Å². The Bertz CT molecular complexity index is 875. The van der Waals surface area contributed by atoms with Gasteiger partial charge in [-0.2, -0.15) is 0 Å². The summed E-state index contributed by atoms with van der Waals surface area (Å²) in [5, 5.41) is 23.5. The van der Waals surface area contributed by atoms with Crippen LogP contribution in [0.2, 0.25) is 0 Å². The van der Waals surface area contributed by atoms with Gasteiger partial charge in [0.15, 0.2) is 0 Å². The molecule has 0 saturated carbocycles. The summed E-state index contributed by atoms with van der Waals surface area (Å²) in [5.74, 6) is -0.774. The number of aliphatic carboxylic acids is 2. The molecule has 8 heteroatoms. The third kappa shape index (κ3) is 6.90. The average molecular weight is 412 g/mol. The van der Waals surface area contributed by atoms with Gasteiger partial charge in [0.25, 0.3) is 0 Å². The smallest absolute Gasteiger partial charge is 0.328 e. The second-order valence-corrected chi connectivity index (χ2v) is 6.05. The highest BCUT2D eigenvalue weighted by atomic mass is 16.5. The monoisotopic (exact) mass is 412 g/mol. The summed E-state index contributed by atoms with van der Waals surface area (Å²) in [5.41, 5.74) is 2.93. The fourth-order valence-electron chi connectivity index (χ4n) is 2.58. The maximum Gasteiger partial charge on any atom is 0.328 e. The minimum absolute atomic E-state index is 0.294. The second kappa shape index (κ2) is 11.2. The maximum atomic E-state index is 10.6. The molecular weight excluding hydrogens is 388 g/mol. The molecule has 4 N–H and O–H groups in total. The summed E-state index contributed by atoms with van der Waals surface area (Å²) in [4.78, 5) is 21.3. The first-order valence-electron chi connectivity index (χ1n) is 9.14. The zero-order valence-electron chi connectivity index (χ0n) is 16.7. The van der Waals surface area contributed by atoms with E-state index in [-0.39, 0.29) is 0 Å². The van der Waals surface area contributed by atoms with Crippen LogP contribution in [0.25, 0.3) is 12.2 Å². The van der Waals surface area contributed by atoms with Crippen molar-refractivity contribution in [3.05, 3.63) is 59.7 Å². The molecule has 2 rings (SSSR count). The van der Waals surface area contributed by atoms with Crippen molar-refractivity contribution in [2.75, 3.05) is 37.9 Å². The van der Waals surface area contributed by atoms with Crippen molar-refractivity contribution >= 4 is 35.5 Å². The zero-order chi connectivity index (χ0) is 21.9. The van der Waals surface area contributed by atoms with Crippen molar-refractivity contribution in [2.45, 2.75) is 0 Å². The summed E-state index contributed by atoms with van der Waals surface area (Å²) in [7, 11) is 3.51. The van der Waals surface area contributed by atoms with Crippen LogP contribution in [0.1, 0.15) is 11.1 Å². The minimum Gasteiger partial charge on any atom is -0.488 e. The van der Waals surface area contributed by atoms with Gasteiger partial charge < -0.3 is 30.3 Å². The molecule has 0 aromatic heterocycles. The van der Waals surface area contributed by atoms with Crippen LogP contribution in [0.15, 0.2) is 48.6 Å². The fourth-order valence-corrected chi connectivity index (χ4v) is 2.58. The molecule has 0 aliphatic carbocycles. The van der Waals surface area contributed by atoms with Crippen molar-refractivity contribution in [3.8, 4) is 11.5 Å². The lowest BCUT2D eigenvalue weighted by Crippen LogP contribution is -2.11. The van der Waals surface area contributed by atoms with E-state index in [0.717, 1.165) is 34.7 Å². The van der Waals surface area contributed by atoms with Crippen LogP contribution in [0, 0.1) is 0 Å². The van der Waals surface area contributed by atoms with Crippen LogP contribution in [0.3, 0.4) is 0 Å². The highest BCUT2D eigenvalue weighted by molar-refractivity contribution is 5.86. The molecule has 0 aliphatic heterocycles. The number of carboxylic acid groups (broad SMARTS) is 2. The van der Waals surface area contributed by atoms with E-state index in [9.17, 15) is 9.59 Å². The lowest BCUT2D eigenvalue weighted by atomic mass is 10.1. The molecule has 0 amide bonds. The standard InChI is InChI=1S/C22H24N2O6/c1-23-17-13-15(5-9-21(25)26)3-7-19(17)29-11-12-30-20-8-4-16(6-10-22(27)28)14-18(20)24-2/h3-10,13-14,23-24H,11-12H2,1-2H3,(H,25,26)(H,27,28)/b9-5+,10-6+. The van der Waals surface area contributed by atoms with E-state index in [1.165, 1.54) is 12.2 Å². The van der Waals surface area contributed by atoms with E-state index in [4.69, 9.17) is 19.7 Å². The molecule has 2 aromatic rings. The van der Waals surface area contributed by atoms with Crippen molar-refractivity contribution in [2.24, 2.45) is 0 Å². The first-order chi connectivity index (χ1) is 14.4. The van der Waals surface area contributed by atoms with Crippen LogP contribution >= 0.6 is 0 Å². The molecule has 0 saturated heterocycles. The number of ether oxygens (including phenoxy) is 2. The largest absolute Gasteiger partial charge is 0.488 e. The highest BCUT2D eigenvalue weighted by Gasteiger charge is 2.06. The number of hydrogen-bond donors (Lipinski definition) is 4. The molecule has 0 radical (unpaired) electrons. The Labute approximate surface area is 174 Å². The fraction of sp³-hybridized carbons (Fsp3) is 0.182. The molecule has 0 bridgehead atoms. The van der Waals surface area contributed by atoms with Crippen LogP contribution in [0.5, 0.6) is 11.5 Å². The molecule has 8 nitrogen and oxygen atoms in total. The lowest BCUT2D eigenvalue weighted by Gasteiger charge is -2.14. The SMILES string of the molecule is CNc1cc(/C=C/C(=O)O)ccc1OCCOc1ccc(/C=C/C(=O)O)cc1NC. The quantitative estimate of drug-likeness (QED) is 0.328. The van der Waals surface area contributed by atoms with Gasteiger partial charge in [-0.3, -0.25) is 0 Å². The average Bonchev–Trinajstić information content (AvgIpc) is 2.74. The number of carboxylic acids is 2. The summed E-state index contributed by atoms with van der Waals surface area (Å²) >= 11 is 0. The van der Waals surface area contributed by atoms with Crippen molar-refractivity contribution < 1.29 is 29.3 Å². The maximum absolute atomic E-state index is 10.6. The molecule has 2 aromatic carbocycles. The molecule has 0 heterocycles. The zero-order valence-corrected chi connectivity index (χ0v) is 16.7. The molecular formula is C22H24N2O6. The van der Waals surface area contributed by atoms with Crippen LogP contribution in [0.4, 0.5) is 11.4 Å². The molecule has 30 heavy (non-hydrogen) atoms. The number of nitrogens with one attached hydrogen (secondary N) is 2. The Kier molecular flexibility index (Phi) is 8.31. The number of benzene rings is 2. The second-order valence-electron chi connectivity index (χ2n) is 6.05. The number of hydrogen-bond acceptors (Lipinski definition) is 6. The van der Waals surface area contributed by atoms with E-state index in [1.807, 2.05) is 0 Å². The van der Waals surface area contributed by atoms with Crippen LogP contribution < -0.4 is 20.1 Å². The Balaban J connectivity index is 1.96. The molecule has 0 fully saturated rings. The number of carbonyl (C=O) groups is 2. The predicted octanol–water partition coefficient (Wildman–Crippen LogP) is 3.42. The highest BCUT2D eigenvalue weighted by Crippen LogP contribution is 2.27. The molecule has 0 aliphatic rings. The Morgan fingerprint density at radius 3 is 1.53 bits per heavy atom. The molecule has 158 valence electrons. The lowest BCUT2D eigenvalue weighted by molar-refractivity contribution is -0.132. The number of rotatable bonds is 11. The predicted molar refractivity (Wildman–Crippen MR) is 116 cm³/mol. The van der Waals surface area contributed by atoms with Crippen molar-refractivity contribution in [1.82, 2.24) is 0 Å². The van der Waals surface area contributed by atoms with E-state index >= 15 is 0 Å². The third-order valence-electron chi connectivity index (χ3n) is 3.98. The van der Waals surface area contributed by atoms with Crippen LogP contribution in [-0.2, 0) is 9.59 Å². The molecule has 0 spiro atoms. The first-order valence-corrected chi connectivity index (χ1v) is 9.14. The first kappa shape index (κ1) is 22.4. The number of anilines is 2. The van der Waals surface area contributed by atoms with Gasteiger partial charge in [0.05, 0.1) is 11.4 Å². The topological polar surface area (TPSA) is 117 Å². The third-order valence-corrected chi connectivity index (χ3v) is 3.98. The molecule has 0 atom stereocenters. The summed E-state index contributed by atoms with van der Waals surface area (Å²) in [6.07, 6.45) is 5.16. The van der Waals surface area contributed by atoms with Gasteiger partial charge in [0.2, 0.25) is 0 Å². The van der Waals surface area contributed by atoms with Crippen molar-refractivity contribution in [1.29, 1.82) is 0 Å². The van der Waals surface area contributed by atoms with Gasteiger partial charge in [-0.1, -0.05) is 12.1 Å². The molecule has 0 unspecified atom stereocenters. The summed E-state index contributed by atoms with van der Waals surface area (Å²) in [6.45, 7) is 0.589. The summed E-state index contributed by atoms with van der Waals surface area (Å²) < 4.78 is 11.5. The normalized spacial score (nSPS) is 10.9. The Morgan fingerprint density at radius 1 is 0.800 bits per heavy atom. The van der Waals surface area contributed by atoms with Crippen molar-refractivity contribution in [3.63, 3.8) is 0 Å². The van der Waals surface area contributed by atoms with Gasteiger partial charge in [-0.05, 0) is 47.5 Å². The van der Waals surface area contributed by atoms with Gasteiger partial charge in [-0.25, -0.2) is 9.59 Å². The van der Waals surface area contributed by atoms with Gasteiger partial charge in [-0.15, -0.1) is 0 Å². The Hall–Kier alpha value is -3.94. The van der Waals surface area contributed by atoms with E-state index in [1.54, 1.807) is 50.5 Å². The summed E-state index contributed by atoms with van der Waals surface area (Å²) in [6, 6.07) is 10.6. The minimum atomic E-state index is -1.01. The van der Waals surface area contributed by atoms with Crippen LogP contribution in [-0.4, -0.2) is 49.5 Å². The van der Waals surface area contributed by atoms with E-state index in [0.29, 0.717) is 24.7 Å². The van der Waals surface area contributed by atoms with E-state index in [2.05, 4.69) is 10.6 Å². The van der Waals surface area contributed by atoms with Gasteiger partial charge in [0.1, 0.15) is 24.7 Å². The van der Waals surface area contributed by atoms with Gasteiger partial charge >= 0.3 is 11.9 Å².